The Kier molecular flexibility index (Phi) is 4.88. The van der Waals surface area contributed by atoms with E-state index >= 15 is 0 Å². The third-order valence-electron chi connectivity index (χ3n) is 2.33. The molecule has 0 aliphatic heterocycles. The fourth-order valence-corrected chi connectivity index (χ4v) is 5.36. The molecule has 106 valence electrons. The van der Waals surface area contributed by atoms with Gasteiger partial charge in [-0.3, -0.25) is 4.72 Å². The zero-order chi connectivity index (χ0) is 14.9. The van der Waals surface area contributed by atoms with Crippen LogP contribution in [0.5, 0.6) is 0 Å². The third kappa shape index (κ3) is 3.60. The Labute approximate surface area is 141 Å². The molecule has 1 N–H and O–H groups in total. The van der Waals surface area contributed by atoms with E-state index in [0.29, 0.717) is 5.69 Å². The molecule has 8 heteroatoms. The summed E-state index contributed by atoms with van der Waals surface area (Å²) in [5, 5.41) is 0. The van der Waals surface area contributed by atoms with Crippen molar-refractivity contribution in [3.63, 3.8) is 0 Å². The number of nitrogens with one attached hydrogen (secondary N) is 1. The molecule has 3 nitrogen and oxygen atoms in total. The van der Waals surface area contributed by atoms with Crippen LogP contribution in [0.2, 0.25) is 0 Å². The molecular weight excluding hydrogens is 481 g/mol. The van der Waals surface area contributed by atoms with Crippen molar-refractivity contribution in [3.8, 4) is 0 Å². The van der Waals surface area contributed by atoms with Crippen LogP contribution in [0.15, 0.2) is 54.7 Å². The molecular formula is C12H7Br3FNO2S. The first-order valence-corrected chi connectivity index (χ1v) is 9.09. The topological polar surface area (TPSA) is 46.2 Å². The molecule has 0 bridgehead atoms. The number of halogens is 4. The minimum absolute atomic E-state index is 0.0539. The third-order valence-corrected chi connectivity index (χ3v) is 6.11. The van der Waals surface area contributed by atoms with Gasteiger partial charge < -0.3 is 0 Å². The molecule has 0 saturated carbocycles. The predicted molar refractivity (Wildman–Crippen MR) is 86.8 cm³/mol. The van der Waals surface area contributed by atoms with Crippen LogP contribution in [0.3, 0.4) is 0 Å². The zero-order valence-corrected chi connectivity index (χ0v) is 15.3. The predicted octanol–water partition coefficient (Wildman–Crippen LogP) is 4.91. The number of anilines is 1. The molecule has 0 fully saturated rings. The lowest BCUT2D eigenvalue weighted by molar-refractivity contribution is 0.598. The van der Waals surface area contributed by atoms with Crippen molar-refractivity contribution < 1.29 is 12.8 Å². The average Bonchev–Trinajstić information content (AvgIpc) is 2.30. The lowest BCUT2D eigenvalue weighted by Crippen LogP contribution is -2.14. The van der Waals surface area contributed by atoms with Crippen LogP contribution in [-0.2, 0) is 10.0 Å². The molecule has 0 aliphatic carbocycles. The Bertz CT molecular complexity index is 725. The van der Waals surface area contributed by atoms with Crippen LogP contribution in [0.1, 0.15) is 0 Å². The summed E-state index contributed by atoms with van der Waals surface area (Å²) in [6, 6.07) is 8.86. The highest BCUT2D eigenvalue weighted by Crippen LogP contribution is 2.32. The van der Waals surface area contributed by atoms with Crippen molar-refractivity contribution in [2.24, 2.45) is 0 Å². The first-order valence-electron chi connectivity index (χ1n) is 5.22. The number of benzene rings is 2. The maximum Gasteiger partial charge on any atom is 0.264 e. The van der Waals surface area contributed by atoms with E-state index < -0.39 is 15.8 Å². The lowest BCUT2D eigenvalue weighted by Gasteiger charge is -2.11. The normalized spacial score (nSPS) is 11.4. The minimum atomic E-state index is -3.83. The standard InChI is InChI=1S/C12H7Br3FNO2S/c13-7-1-3-9(4-2-7)17-20(18,19)12-10(14)5-8(16)6-11(12)15/h1-6,17H. The highest BCUT2D eigenvalue weighted by molar-refractivity contribution is 9.11. The number of rotatable bonds is 3. The average molecular weight is 488 g/mol. The molecule has 0 aliphatic rings. The number of sulfonamides is 1. The summed E-state index contributed by atoms with van der Waals surface area (Å²) in [6.07, 6.45) is 0. The second-order valence-electron chi connectivity index (χ2n) is 3.81. The molecule has 0 amide bonds. The van der Waals surface area contributed by atoms with Crippen LogP contribution in [-0.4, -0.2) is 8.42 Å². The van der Waals surface area contributed by atoms with Crippen molar-refractivity contribution in [1.29, 1.82) is 0 Å². The van der Waals surface area contributed by atoms with Crippen molar-refractivity contribution in [2.75, 3.05) is 4.72 Å². The largest absolute Gasteiger partial charge is 0.280 e. The SMILES string of the molecule is O=S(=O)(Nc1ccc(Br)cc1)c1c(Br)cc(F)cc1Br. The van der Waals surface area contributed by atoms with Gasteiger partial charge in [0.2, 0.25) is 0 Å². The molecule has 2 rings (SSSR count). The highest BCUT2D eigenvalue weighted by Gasteiger charge is 2.22. The summed E-state index contributed by atoms with van der Waals surface area (Å²) in [6.45, 7) is 0. The van der Waals surface area contributed by atoms with Gasteiger partial charge in [-0.25, -0.2) is 12.8 Å². The van der Waals surface area contributed by atoms with Crippen molar-refractivity contribution in [3.05, 3.63) is 55.6 Å². The molecule has 0 unspecified atom stereocenters. The van der Waals surface area contributed by atoms with Gasteiger partial charge in [-0.1, -0.05) is 15.9 Å². The molecule has 0 radical (unpaired) electrons. The Balaban J connectivity index is 2.43. The second-order valence-corrected chi connectivity index (χ2v) is 8.05. The maximum atomic E-state index is 13.2. The summed E-state index contributed by atoms with van der Waals surface area (Å²) in [5.41, 5.74) is 0.413. The molecule has 0 atom stereocenters. The monoisotopic (exact) mass is 485 g/mol. The molecule has 0 spiro atoms. The van der Waals surface area contributed by atoms with E-state index in [1.807, 2.05) is 0 Å². The molecule has 0 saturated heterocycles. The van der Waals surface area contributed by atoms with E-state index in [2.05, 4.69) is 52.5 Å². The number of hydrogen-bond donors (Lipinski definition) is 1. The summed E-state index contributed by atoms with van der Waals surface area (Å²) in [5.74, 6) is -0.536. The van der Waals surface area contributed by atoms with Gasteiger partial charge in [0.25, 0.3) is 10.0 Å². The Morgan fingerprint density at radius 3 is 1.95 bits per heavy atom. The van der Waals surface area contributed by atoms with Gasteiger partial charge in [-0.2, -0.15) is 0 Å². The molecule has 0 heterocycles. The maximum absolute atomic E-state index is 13.2. The first kappa shape index (κ1) is 15.9. The quantitative estimate of drug-likeness (QED) is 0.668. The zero-order valence-electron chi connectivity index (χ0n) is 9.70. The van der Waals surface area contributed by atoms with E-state index in [1.165, 1.54) is 0 Å². The van der Waals surface area contributed by atoms with E-state index in [-0.39, 0.29) is 13.8 Å². The van der Waals surface area contributed by atoms with Gasteiger partial charge >= 0.3 is 0 Å². The summed E-state index contributed by atoms with van der Waals surface area (Å²) in [7, 11) is -3.83. The highest BCUT2D eigenvalue weighted by atomic mass is 79.9. The summed E-state index contributed by atoms with van der Waals surface area (Å²) < 4.78 is 41.4. The van der Waals surface area contributed by atoms with E-state index in [1.54, 1.807) is 24.3 Å². The first-order chi connectivity index (χ1) is 9.29. The van der Waals surface area contributed by atoms with Gasteiger partial charge in [-0.05, 0) is 68.3 Å². The molecule has 2 aromatic carbocycles. The van der Waals surface area contributed by atoms with Crippen LogP contribution >= 0.6 is 47.8 Å². The van der Waals surface area contributed by atoms with Gasteiger partial charge in [0.05, 0.1) is 0 Å². The number of hydrogen-bond acceptors (Lipinski definition) is 2. The minimum Gasteiger partial charge on any atom is -0.280 e. The van der Waals surface area contributed by atoms with Crippen molar-refractivity contribution >= 4 is 63.5 Å². The summed E-state index contributed by atoms with van der Waals surface area (Å²) in [4.78, 5) is -0.0539. The van der Waals surface area contributed by atoms with Gasteiger partial charge in [-0.15, -0.1) is 0 Å². The Morgan fingerprint density at radius 2 is 1.45 bits per heavy atom. The van der Waals surface area contributed by atoms with Gasteiger partial charge in [0, 0.05) is 19.1 Å². The van der Waals surface area contributed by atoms with E-state index in [0.717, 1.165) is 16.6 Å². The molecule has 0 aromatic heterocycles. The van der Waals surface area contributed by atoms with Crippen LogP contribution in [0.4, 0.5) is 10.1 Å². The fourth-order valence-electron chi connectivity index (χ4n) is 1.51. The van der Waals surface area contributed by atoms with Crippen LogP contribution in [0, 0.1) is 5.82 Å². The van der Waals surface area contributed by atoms with E-state index in [9.17, 15) is 12.8 Å². The molecule has 20 heavy (non-hydrogen) atoms. The van der Waals surface area contributed by atoms with E-state index in [4.69, 9.17) is 0 Å². The summed E-state index contributed by atoms with van der Waals surface area (Å²) >= 11 is 9.39. The fraction of sp³-hybridized carbons (Fsp3) is 0. The van der Waals surface area contributed by atoms with Crippen molar-refractivity contribution in [1.82, 2.24) is 0 Å². The lowest BCUT2D eigenvalue weighted by atomic mass is 10.3. The van der Waals surface area contributed by atoms with Gasteiger partial charge in [0.1, 0.15) is 10.7 Å². The van der Waals surface area contributed by atoms with Crippen molar-refractivity contribution in [2.45, 2.75) is 4.90 Å². The second kappa shape index (κ2) is 6.13. The Hall–Kier alpha value is -0.440. The molecule has 2 aromatic rings. The van der Waals surface area contributed by atoms with Gasteiger partial charge in [0.15, 0.2) is 0 Å². The Morgan fingerprint density at radius 1 is 0.950 bits per heavy atom. The van der Waals surface area contributed by atoms with Crippen LogP contribution < -0.4 is 4.72 Å². The smallest absolute Gasteiger partial charge is 0.264 e. The van der Waals surface area contributed by atoms with Crippen LogP contribution in [0.25, 0.3) is 0 Å².